The molecule has 0 aromatic heterocycles. The van der Waals surface area contributed by atoms with Crippen molar-refractivity contribution in [2.75, 3.05) is 15.5 Å². The van der Waals surface area contributed by atoms with E-state index in [1.807, 2.05) is 0 Å². The highest BCUT2D eigenvalue weighted by Crippen LogP contribution is 2.33. The third-order valence-corrected chi connectivity index (χ3v) is 5.71. The molecule has 1 heterocycles. The Morgan fingerprint density at radius 2 is 1.79 bits per heavy atom. The van der Waals surface area contributed by atoms with Gasteiger partial charge in [-0.2, -0.15) is 0 Å². The van der Waals surface area contributed by atoms with Crippen molar-refractivity contribution >= 4 is 64.1 Å². The van der Waals surface area contributed by atoms with E-state index in [1.54, 1.807) is 42.5 Å². The molecular weight excluding hydrogens is 480 g/mol. The van der Waals surface area contributed by atoms with Crippen molar-refractivity contribution in [3.05, 3.63) is 94.2 Å². The molecule has 0 aliphatic carbocycles. The normalized spacial score (nSPS) is 15.1. The summed E-state index contributed by atoms with van der Waals surface area (Å²) >= 11 is 12.1. The van der Waals surface area contributed by atoms with E-state index in [4.69, 9.17) is 23.2 Å². The number of halogens is 3. The second-order valence-corrected chi connectivity index (χ2v) is 8.33. The summed E-state index contributed by atoms with van der Waals surface area (Å²) in [5.74, 6) is -1.95. The molecule has 1 aliphatic heterocycles. The van der Waals surface area contributed by atoms with Crippen LogP contribution < -0.4 is 15.5 Å². The van der Waals surface area contributed by atoms with E-state index in [9.17, 15) is 18.8 Å². The van der Waals surface area contributed by atoms with Gasteiger partial charge >= 0.3 is 0 Å². The maximum Gasteiger partial charge on any atom is 0.251 e. The van der Waals surface area contributed by atoms with Crippen LogP contribution >= 0.6 is 23.2 Å². The predicted octanol–water partition coefficient (Wildman–Crippen LogP) is 5.53. The van der Waals surface area contributed by atoms with E-state index < -0.39 is 29.6 Å². The van der Waals surface area contributed by atoms with Gasteiger partial charge in [0.15, 0.2) is 0 Å². The van der Waals surface area contributed by atoms with Gasteiger partial charge in [0, 0.05) is 21.8 Å². The predicted molar refractivity (Wildman–Crippen MR) is 131 cm³/mol. The van der Waals surface area contributed by atoms with E-state index in [-0.39, 0.29) is 6.42 Å². The van der Waals surface area contributed by atoms with Gasteiger partial charge in [-0.15, -0.1) is 0 Å². The van der Waals surface area contributed by atoms with Gasteiger partial charge in [0.1, 0.15) is 11.9 Å². The summed E-state index contributed by atoms with van der Waals surface area (Å²) in [5.41, 5.74) is 1.85. The summed E-state index contributed by atoms with van der Waals surface area (Å²) in [4.78, 5) is 40.1. The second kappa shape index (κ2) is 10.1. The summed E-state index contributed by atoms with van der Waals surface area (Å²) in [6, 6.07) is 15.8. The number of benzene rings is 3. The lowest BCUT2D eigenvalue weighted by atomic mass is 10.0. The number of rotatable bonds is 5. The Bertz CT molecular complexity index is 1290. The highest BCUT2D eigenvalue weighted by molar-refractivity contribution is 6.35. The van der Waals surface area contributed by atoms with E-state index >= 15 is 0 Å². The summed E-state index contributed by atoms with van der Waals surface area (Å²) in [5, 5.41) is 6.18. The smallest absolute Gasteiger partial charge is 0.251 e. The van der Waals surface area contributed by atoms with Gasteiger partial charge in [-0.3, -0.25) is 19.3 Å². The molecule has 3 aromatic rings. The summed E-state index contributed by atoms with van der Waals surface area (Å²) < 4.78 is 13.1. The number of anilines is 3. The number of nitrogens with zero attached hydrogens (tertiary/aromatic N) is 1. The number of hydrogen-bond acceptors (Lipinski definition) is 3. The number of para-hydroxylation sites is 2. The first-order chi connectivity index (χ1) is 16.3. The molecule has 3 aromatic carbocycles. The van der Waals surface area contributed by atoms with E-state index in [0.29, 0.717) is 32.7 Å². The van der Waals surface area contributed by atoms with Crippen LogP contribution in [0.4, 0.5) is 21.5 Å². The fraction of sp³-hybridized carbons (Fsp3) is 0.0800. The second-order valence-electron chi connectivity index (χ2n) is 7.49. The van der Waals surface area contributed by atoms with Gasteiger partial charge in [-0.1, -0.05) is 41.4 Å². The highest BCUT2D eigenvalue weighted by Gasteiger charge is 2.37. The first-order valence-corrected chi connectivity index (χ1v) is 11.0. The highest BCUT2D eigenvalue weighted by atomic mass is 35.5. The Balaban J connectivity index is 1.60. The molecule has 6 nitrogen and oxygen atoms in total. The molecule has 0 fully saturated rings. The molecule has 0 saturated carbocycles. The SMILES string of the molecule is O=C(C[C@@H]1C(=O)Nc2ccccc2N1C(=O)/C=C/c1ccc(Cl)cc1Cl)Nc1ccc(F)cc1. The fourth-order valence-corrected chi connectivity index (χ4v) is 4.02. The van der Waals surface area contributed by atoms with Gasteiger partial charge in [-0.25, -0.2) is 4.39 Å². The van der Waals surface area contributed by atoms with Crippen molar-refractivity contribution in [1.82, 2.24) is 0 Å². The molecule has 172 valence electrons. The number of carbonyl (C=O) groups is 3. The van der Waals surface area contributed by atoms with Crippen LogP contribution in [0.25, 0.3) is 6.08 Å². The lowest BCUT2D eigenvalue weighted by Crippen LogP contribution is -2.52. The fourth-order valence-electron chi connectivity index (χ4n) is 3.55. The van der Waals surface area contributed by atoms with Gasteiger partial charge < -0.3 is 10.6 Å². The minimum atomic E-state index is -1.10. The molecule has 0 bridgehead atoms. The quantitative estimate of drug-likeness (QED) is 0.455. The van der Waals surface area contributed by atoms with E-state index in [2.05, 4.69) is 10.6 Å². The van der Waals surface area contributed by atoms with Gasteiger partial charge in [0.2, 0.25) is 11.8 Å². The molecule has 3 amide bonds. The molecule has 9 heteroatoms. The Labute approximate surface area is 205 Å². The Morgan fingerprint density at radius 3 is 2.53 bits per heavy atom. The first-order valence-electron chi connectivity index (χ1n) is 10.2. The topological polar surface area (TPSA) is 78.5 Å². The molecule has 0 spiro atoms. The van der Waals surface area contributed by atoms with E-state index in [1.165, 1.54) is 41.3 Å². The van der Waals surface area contributed by atoms with Crippen LogP contribution in [0.3, 0.4) is 0 Å². The lowest BCUT2D eigenvalue weighted by molar-refractivity contribution is -0.124. The van der Waals surface area contributed by atoms with Crippen molar-refractivity contribution in [3.63, 3.8) is 0 Å². The van der Waals surface area contributed by atoms with Crippen LogP contribution in [0.15, 0.2) is 72.8 Å². The van der Waals surface area contributed by atoms with Crippen LogP contribution in [0.2, 0.25) is 10.0 Å². The molecule has 1 atom stereocenters. The van der Waals surface area contributed by atoms with Crippen molar-refractivity contribution < 1.29 is 18.8 Å². The first kappa shape index (κ1) is 23.5. The molecule has 34 heavy (non-hydrogen) atoms. The van der Waals surface area contributed by atoms with Gasteiger partial charge in [0.25, 0.3) is 5.91 Å². The van der Waals surface area contributed by atoms with Crippen LogP contribution in [0.5, 0.6) is 0 Å². The third kappa shape index (κ3) is 5.27. The van der Waals surface area contributed by atoms with E-state index in [0.717, 1.165) is 0 Å². The Morgan fingerprint density at radius 1 is 1.06 bits per heavy atom. The summed E-state index contributed by atoms with van der Waals surface area (Å²) in [6.07, 6.45) is 2.50. The van der Waals surface area contributed by atoms with Crippen LogP contribution in [0, 0.1) is 5.82 Å². The number of hydrogen-bond donors (Lipinski definition) is 2. The molecule has 0 unspecified atom stereocenters. The molecule has 4 rings (SSSR count). The standard InChI is InChI=1S/C25H18Cl2FN3O3/c26-16-7-5-15(19(27)13-16)6-12-24(33)31-21-4-2-1-3-20(21)30-25(34)22(31)14-23(32)29-18-10-8-17(28)9-11-18/h1-13,22H,14H2,(H,29,32)(H,30,34)/b12-6+/t22-/m1/s1. The maximum absolute atomic E-state index is 13.3. The van der Waals surface area contributed by atoms with Crippen molar-refractivity contribution in [2.24, 2.45) is 0 Å². The lowest BCUT2D eigenvalue weighted by Gasteiger charge is -2.35. The summed E-state index contributed by atoms with van der Waals surface area (Å²) in [7, 11) is 0. The third-order valence-electron chi connectivity index (χ3n) is 5.15. The van der Waals surface area contributed by atoms with Crippen molar-refractivity contribution in [1.29, 1.82) is 0 Å². The monoisotopic (exact) mass is 497 g/mol. The van der Waals surface area contributed by atoms with Crippen LogP contribution in [-0.2, 0) is 14.4 Å². The van der Waals surface area contributed by atoms with Crippen LogP contribution in [0.1, 0.15) is 12.0 Å². The average molecular weight is 498 g/mol. The van der Waals surface area contributed by atoms with Crippen molar-refractivity contribution in [3.8, 4) is 0 Å². The maximum atomic E-state index is 13.3. The average Bonchev–Trinajstić information content (AvgIpc) is 2.80. The molecular formula is C25H18Cl2FN3O3. The number of amides is 3. The Kier molecular flexibility index (Phi) is 6.95. The number of nitrogens with one attached hydrogen (secondary N) is 2. The van der Waals surface area contributed by atoms with Crippen molar-refractivity contribution in [2.45, 2.75) is 12.5 Å². The molecule has 0 saturated heterocycles. The Hall–Kier alpha value is -3.68. The zero-order valence-electron chi connectivity index (χ0n) is 17.6. The molecule has 0 radical (unpaired) electrons. The van der Waals surface area contributed by atoms with Gasteiger partial charge in [0.05, 0.1) is 17.8 Å². The summed E-state index contributed by atoms with van der Waals surface area (Å²) in [6.45, 7) is 0. The molecule has 1 aliphatic rings. The number of fused-ring (bicyclic) bond motifs is 1. The zero-order valence-corrected chi connectivity index (χ0v) is 19.1. The number of carbonyl (C=O) groups excluding carboxylic acids is 3. The van der Waals surface area contributed by atoms with Crippen LogP contribution in [-0.4, -0.2) is 23.8 Å². The minimum absolute atomic E-state index is 0.307. The van der Waals surface area contributed by atoms with Gasteiger partial charge in [-0.05, 0) is 60.2 Å². The largest absolute Gasteiger partial charge is 0.326 e. The zero-order chi connectivity index (χ0) is 24.2. The minimum Gasteiger partial charge on any atom is -0.326 e. The molecule has 2 N–H and O–H groups in total.